The van der Waals surface area contributed by atoms with E-state index in [0.29, 0.717) is 18.0 Å². The SMILES string of the molecule is CC(=S)NCCC(N)C(=O)O. The maximum absolute atomic E-state index is 10.2. The number of thiocarbonyl (C=S) groups is 1. The quantitative estimate of drug-likeness (QED) is 0.514. The predicted octanol–water partition coefficient (Wildman–Crippen LogP) is -0.275. The zero-order chi connectivity index (χ0) is 8.85. The third kappa shape index (κ3) is 5.75. The van der Waals surface area contributed by atoms with E-state index >= 15 is 0 Å². The van der Waals surface area contributed by atoms with Crippen molar-refractivity contribution >= 4 is 23.2 Å². The van der Waals surface area contributed by atoms with Gasteiger partial charge in [0.2, 0.25) is 0 Å². The number of hydrogen-bond acceptors (Lipinski definition) is 3. The molecule has 0 saturated carbocycles. The van der Waals surface area contributed by atoms with Crippen molar-refractivity contribution in [2.75, 3.05) is 6.54 Å². The molecule has 0 rings (SSSR count). The molecule has 11 heavy (non-hydrogen) atoms. The predicted molar refractivity (Wildman–Crippen MR) is 46.5 cm³/mol. The Balaban J connectivity index is 3.39. The van der Waals surface area contributed by atoms with E-state index in [2.05, 4.69) is 5.32 Å². The smallest absolute Gasteiger partial charge is 0.320 e. The number of aliphatic carboxylic acids is 1. The van der Waals surface area contributed by atoms with E-state index in [-0.39, 0.29) is 0 Å². The van der Waals surface area contributed by atoms with E-state index in [9.17, 15) is 4.79 Å². The van der Waals surface area contributed by atoms with Gasteiger partial charge in [0.15, 0.2) is 0 Å². The van der Waals surface area contributed by atoms with E-state index in [1.54, 1.807) is 6.92 Å². The van der Waals surface area contributed by atoms with Gasteiger partial charge in [-0.1, -0.05) is 12.2 Å². The van der Waals surface area contributed by atoms with Gasteiger partial charge in [-0.15, -0.1) is 0 Å². The van der Waals surface area contributed by atoms with Crippen LogP contribution in [0.4, 0.5) is 0 Å². The Kier molecular flexibility index (Phi) is 4.72. The summed E-state index contributed by atoms with van der Waals surface area (Å²) in [4.78, 5) is 10.8. The Morgan fingerprint density at radius 2 is 2.36 bits per heavy atom. The number of nitrogens with one attached hydrogen (secondary N) is 1. The third-order valence-electron chi connectivity index (χ3n) is 1.15. The highest BCUT2D eigenvalue weighted by Gasteiger charge is 2.09. The molecule has 4 N–H and O–H groups in total. The van der Waals surface area contributed by atoms with Crippen molar-refractivity contribution in [3.05, 3.63) is 0 Å². The average molecular weight is 176 g/mol. The first-order valence-corrected chi connectivity index (χ1v) is 3.67. The van der Waals surface area contributed by atoms with Gasteiger partial charge in [0, 0.05) is 6.54 Å². The van der Waals surface area contributed by atoms with Crippen molar-refractivity contribution in [3.8, 4) is 0 Å². The fourth-order valence-corrected chi connectivity index (χ4v) is 0.629. The van der Waals surface area contributed by atoms with E-state index in [4.69, 9.17) is 23.1 Å². The minimum absolute atomic E-state index is 0.392. The molecule has 0 aromatic heterocycles. The van der Waals surface area contributed by atoms with Crippen LogP contribution in [0.15, 0.2) is 0 Å². The van der Waals surface area contributed by atoms with E-state index in [1.807, 2.05) is 0 Å². The van der Waals surface area contributed by atoms with Crippen molar-refractivity contribution in [1.29, 1.82) is 0 Å². The van der Waals surface area contributed by atoms with Crippen LogP contribution in [-0.4, -0.2) is 28.7 Å². The van der Waals surface area contributed by atoms with Crippen LogP contribution in [0.2, 0.25) is 0 Å². The van der Waals surface area contributed by atoms with E-state index < -0.39 is 12.0 Å². The molecule has 4 nitrogen and oxygen atoms in total. The van der Waals surface area contributed by atoms with Crippen LogP contribution in [0.1, 0.15) is 13.3 Å². The molecule has 0 aliphatic rings. The highest BCUT2D eigenvalue weighted by molar-refractivity contribution is 7.80. The summed E-state index contributed by atoms with van der Waals surface area (Å²) in [5.74, 6) is -0.978. The molecule has 0 bridgehead atoms. The Bertz CT molecular complexity index is 161. The van der Waals surface area contributed by atoms with Crippen molar-refractivity contribution in [3.63, 3.8) is 0 Å². The van der Waals surface area contributed by atoms with Crippen LogP contribution >= 0.6 is 12.2 Å². The third-order valence-corrected chi connectivity index (χ3v) is 1.29. The Morgan fingerprint density at radius 3 is 2.73 bits per heavy atom. The van der Waals surface area contributed by atoms with Crippen LogP contribution < -0.4 is 11.1 Å². The molecule has 64 valence electrons. The Morgan fingerprint density at radius 1 is 1.82 bits per heavy atom. The standard InChI is InChI=1S/C6H12N2O2S/c1-4(11)8-3-2-5(7)6(9)10/h5H,2-3,7H2,1H3,(H,8,11)(H,9,10). The highest BCUT2D eigenvalue weighted by Crippen LogP contribution is 1.85. The second-order valence-electron chi connectivity index (χ2n) is 2.22. The largest absolute Gasteiger partial charge is 0.480 e. The molecule has 5 heteroatoms. The normalized spacial score (nSPS) is 12.2. The van der Waals surface area contributed by atoms with Crippen LogP contribution in [-0.2, 0) is 4.79 Å². The molecule has 0 aliphatic heterocycles. The molecular weight excluding hydrogens is 164 g/mol. The van der Waals surface area contributed by atoms with Gasteiger partial charge in [-0.05, 0) is 13.3 Å². The first-order valence-electron chi connectivity index (χ1n) is 3.27. The van der Waals surface area contributed by atoms with Gasteiger partial charge in [0.1, 0.15) is 6.04 Å². The summed E-state index contributed by atoms with van der Waals surface area (Å²) >= 11 is 4.71. The molecule has 0 spiro atoms. The topological polar surface area (TPSA) is 75.3 Å². The summed E-state index contributed by atoms with van der Waals surface area (Å²) in [6, 6.07) is -0.795. The molecular formula is C6H12N2O2S. The summed E-state index contributed by atoms with van der Waals surface area (Å²) < 4.78 is 0. The Labute approximate surface area is 70.8 Å². The number of carbonyl (C=O) groups is 1. The van der Waals surface area contributed by atoms with Crippen molar-refractivity contribution in [2.24, 2.45) is 5.73 Å². The lowest BCUT2D eigenvalue weighted by Gasteiger charge is -2.06. The maximum Gasteiger partial charge on any atom is 0.320 e. The highest BCUT2D eigenvalue weighted by atomic mass is 32.1. The van der Waals surface area contributed by atoms with Crippen molar-refractivity contribution in [2.45, 2.75) is 19.4 Å². The van der Waals surface area contributed by atoms with E-state index in [0.717, 1.165) is 0 Å². The van der Waals surface area contributed by atoms with E-state index in [1.165, 1.54) is 0 Å². The zero-order valence-corrected chi connectivity index (χ0v) is 7.15. The lowest BCUT2D eigenvalue weighted by molar-refractivity contribution is -0.138. The fraction of sp³-hybridized carbons (Fsp3) is 0.667. The maximum atomic E-state index is 10.2. The number of nitrogens with two attached hydrogens (primary N) is 1. The first-order chi connectivity index (χ1) is 5.04. The molecule has 0 fully saturated rings. The molecule has 1 unspecified atom stereocenters. The summed E-state index contributed by atoms with van der Waals surface area (Å²) in [7, 11) is 0. The van der Waals surface area contributed by atoms with Crippen molar-refractivity contribution < 1.29 is 9.90 Å². The second-order valence-corrected chi connectivity index (χ2v) is 2.83. The summed E-state index contributed by atoms with van der Waals surface area (Å²) in [6.45, 7) is 2.25. The molecule has 0 aromatic carbocycles. The molecule has 0 aliphatic carbocycles. The first kappa shape index (κ1) is 10.3. The summed E-state index contributed by atoms with van der Waals surface area (Å²) in [6.07, 6.45) is 0.392. The molecule has 0 heterocycles. The molecule has 1 atom stereocenters. The van der Waals surface area contributed by atoms with Crippen LogP contribution in [0.3, 0.4) is 0 Å². The van der Waals surface area contributed by atoms with Gasteiger partial charge < -0.3 is 16.2 Å². The van der Waals surface area contributed by atoms with Gasteiger partial charge >= 0.3 is 5.97 Å². The van der Waals surface area contributed by atoms with Gasteiger partial charge in [0.25, 0.3) is 0 Å². The Hall–Kier alpha value is -0.680. The average Bonchev–Trinajstić information content (AvgIpc) is 1.86. The molecule has 0 saturated heterocycles. The zero-order valence-electron chi connectivity index (χ0n) is 6.33. The lowest BCUT2D eigenvalue weighted by atomic mass is 10.2. The van der Waals surface area contributed by atoms with Gasteiger partial charge in [-0.25, -0.2) is 0 Å². The number of hydrogen-bond donors (Lipinski definition) is 3. The lowest BCUT2D eigenvalue weighted by Crippen LogP contribution is -2.34. The van der Waals surface area contributed by atoms with Crippen LogP contribution in [0.5, 0.6) is 0 Å². The summed E-state index contributed by atoms with van der Waals surface area (Å²) in [5, 5.41) is 11.2. The van der Waals surface area contributed by atoms with Gasteiger partial charge in [-0.3, -0.25) is 4.79 Å². The number of carboxylic acids is 1. The number of carboxylic acid groups (broad SMARTS) is 1. The minimum Gasteiger partial charge on any atom is -0.480 e. The van der Waals surface area contributed by atoms with Crippen molar-refractivity contribution in [1.82, 2.24) is 5.32 Å². The minimum atomic E-state index is -0.978. The molecule has 0 aromatic rings. The fourth-order valence-electron chi connectivity index (χ4n) is 0.527. The summed E-state index contributed by atoms with van der Waals surface area (Å²) in [5.41, 5.74) is 5.22. The molecule has 0 radical (unpaired) electrons. The monoisotopic (exact) mass is 176 g/mol. The van der Waals surface area contributed by atoms with Gasteiger partial charge in [-0.2, -0.15) is 0 Å². The number of rotatable bonds is 4. The van der Waals surface area contributed by atoms with Crippen LogP contribution in [0, 0.1) is 0 Å². The molecule has 0 amide bonds. The second kappa shape index (κ2) is 5.03. The van der Waals surface area contributed by atoms with Gasteiger partial charge in [0.05, 0.1) is 4.99 Å². The van der Waals surface area contributed by atoms with Crippen LogP contribution in [0.25, 0.3) is 0 Å².